The maximum atomic E-state index is 11.1. The van der Waals surface area contributed by atoms with Gasteiger partial charge in [0.2, 0.25) is 0 Å². The summed E-state index contributed by atoms with van der Waals surface area (Å²) in [5, 5.41) is 4.52. The van der Waals surface area contributed by atoms with Gasteiger partial charge in [0.05, 0.1) is 17.3 Å². The van der Waals surface area contributed by atoms with Gasteiger partial charge in [0.1, 0.15) is 5.69 Å². The molecule has 0 unspecified atom stereocenters. The summed E-state index contributed by atoms with van der Waals surface area (Å²) < 4.78 is 1.88. The highest BCUT2D eigenvalue weighted by molar-refractivity contribution is 5.84. The predicted molar refractivity (Wildman–Crippen MR) is 70.5 cm³/mol. The van der Waals surface area contributed by atoms with E-state index < -0.39 is 0 Å². The maximum absolute atomic E-state index is 11.1. The monoisotopic (exact) mass is 243 g/mol. The molecule has 0 bridgehead atoms. The zero-order valence-electron chi connectivity index (χ0n) is 10.7. The van der Waals surface area contributed by atoms with Crippen LogP contribution in [0.2, 0.25) is 0 Å². The van der Waals surface area contributed by atoms with Crippen LogP contribution in [-0.4, -0.2) is 21.1 Å². The van der Waals surface area contributed by atoms with Crippen molar-refractivity contribution >= 4 is 6.29 Å². The van der Waals surface area contributed by atoms with Crippen molar-refractivity contribution in [2.75, 3.05) is 0 Å². The molecule has 0 fully saturated rings. The lowest BCUT2D eigenvalue weighted by molar-refractivity contribution is 0.112. The van der Waals surface area contributed by atoms with Gasteiger partial charge >= 0.3 is 0 Å². The number of hydrogen-bond acceptors (Lipinski definition) is 3. The molecule has 0 aliphatic heterocycles. The Labute approximate surface area is 107 Å². The lowest BCUT2D eigenvalue weighted by Crippen LogP contribution is -2.07. The van der Waals surface area contributed by atoms with Crippen LogP contribution >= 0.6 is 0 Å². The van der Waals surface area contributed by atoms with Gasteiger partial charge in [0.25, 0.3) is 0 Å². The maximum Gasteiger partial charge on any atom is 0.153 e. The molecule has 4 heteroatoms. The fourth-order valence-electron chi connectivity index (χ4n) is 2.04. The molecule has 0 aromatic carbocycles. The summed E-state index contributed by atoms with van der Waals surface area (Å²) in [5.74, 6) is 0. The fourth-order valence-corrected chi connectivity index (χ4v) is 2.04. The summed E-state index contributed by atoms with van der Waals surface area (Å²) in [6.07, 6.45) is 6.36. The molecule has 2 aromatic heterocycles. The molecule has 2 aromatic rings. The minimum atomic E-state index is 0.334. The molecule has 0 atom stereocenters. The molecule has 4 nitrogen and oxygen atoms in total. The molecule has 0 saturated carbocycles. The second-order valence-electron chi connectivity index (χ2n) is 4.22. The zero-order valence-corrected chi connectivity index (χ0v) is 10.7. The van der Waals surface area contributed by atoms with Crippen molar-refractivity contribution in [2.45, 2.75) is 32.7 Å². The van der Waals surface area contributed by atoms with E-state index in [1.807, 2.05) is 29.1 Å². The van der Waals surface area contributed by atoms with Crippen LogP contribution in [-0.2, 0) is 0 Å². The van der Waals surface area contributed by atoms with E-state index in [0.717, 1.165) is 24.8 Å². The largest absolute Gasteiger partial charge is 0.298 e. The third kappa shape index (κ3) is 2.32. The number of hydrogen-bond donors (Lipinski definition) is 0. The summed E-state index contributed by atoms with van der Waals surface area (Å²) in [5.41, 5.74) is 2.00. The zero-order chi connectivity index (χ0) is 13.0. The van der Waals surface area contributed by atoms with Crippen molar-refractivity contribution in [3.8, 4) is 11.4 Å². The molecule has 0 radical (unpaired) electrons. The molecule has 94 valence electrons. The number of carbonyl (C=O) groups is 1. The summed E-state index contributed by atoms with van der Waals surface area (Å²) in [4.78, 5) is 15.4. The van der Waals surface area contributed by atoms with E-state index >= 15 is 0 Å². The molecule has 0 aliphatic rings. The van der Waals surface area contributed by atoms with Crippen molar-refractivity contribution in [3.63, 3.8) is 0 Å². The number of carbonyl (C=O) groups excluding carboxylic acids is 1. The van der Waals surface area contributed by atoms with Crippen molar-refractivity contribution < 1.29 is 4.79 Å². The van der Waals surface area contributed by atoms with Crippen LogP contribution in [0.3, 0.4) is 0 Å². The Hall–Kier alpha value is -1.97. The van der Waals surface area contributed by atoms with Gasteiger partial charge in [-0.15, -0.1) is 0 Å². The topological polar surface area (TPSA) is 47.8 Å². The Morgan fingerprint density at radius 2 is 2.11 bits per heavy atom. The average molecular weight is 243 g/mol. The summed E-state index contributed by atoms with van der Waals surface area (Å²) in [6.45, 7) is 4.24. The highest BCUT2D eigenvalue weighted by Gasteiger charge is 2.15. The van der Waals surface area contributed by atoms with E-state index in [-0.39, 0.29) is 0 Å². The van der Waals surface area contributed by atoms with Crippen LogP contribution in [0.15, 0.2) is 30.6 Å². The highest BCUT2D eigenvalue weighted by Crippen LogP contribution is 2.22. The number of nitrogens with zero attached hydrogens (tertiary/aromatic N) is 3. The molecule has 2 rings (SSSR count). The standard InChI is InChI=1S/C14H17N3O/c1-3-12(4-2)17-9-11(10-18)14(16-17)13-7-5-6-8-15-13/h5-10,12H,3-4H2,1-2H3. The second kappa shape index (κ2) is 5.58. The van der Waals surface area contributed by atoms with Gasteiger partial charge in [-0.25, -0.2) is 0 Å². The van der Waals surface area contributed by atoms with Crippen molar-refractivity contribution in [1.29, 1.82) is 0 Å². The molecule has 0 amide bonds. The molecule has 2 heterocycles. The van der Waals surface area contributed by atoms with Gasteiger partial charge in [0.15, 0.2) is 6.29 Å². The Kier molecular flexibility index (Phi) is 3.87. The van der Waals surface area contributed by atoms with Gasteiger partial charge in [-0.05, 0) is 25.0 Å². The van der Waals surface area contributed by atoms with Crippen LogP contribution in [0.5, 0.6) is 0 Å². The molecule has 0 aliphatic carbocycles. The highest BCUT2D eigenvalue weighted by atomic mass is 16.1. The van der Waals surface area contributed by atoms with E-state index in [9.17, 15) is 4.79 Å². The second-order valence-corrected chi connectivity index (χ2v) is 4.22. The first-order chi connectivity index (χ1) is 8.80. The molecule has 18 heavy (non-hydrogen) atoms. The van der Waals surface area contributed by atoms with Crippen molar-refractivity contribution in [1.82, 2.24) is 14.8 Å². The Morgan fingerprint density at radius 3 is 2.67 bits per heavy atom. The third-order valence-corrected chi connectivity index (χ3v) is 3.11. The molecular formula is C14H17N3O. The lowest BCUT2D eigenvalue weighted by atomic mass is 10.2. The van der Waals surface area contributed by atoms with Gasteiger partial charge in [-0.3, -0.25) is 14.5 Å². The fraction of sp³-hybridized carbons (Fsp3) is 0.357. The molecular weight excluding hydrogens is 226 g/mol. The summed E-state index contributed by atoms with van der Waals surface area (Å²) in [6, 6.07) is 5.95. The third-order valence-electron chi connectivity index (χ3n) is 3.11. The van der Waals surface area contributed by atoms with Crippen LogP contribution in [0.25, 0.3) is 11.4 Å². The SMILES string of the molecule is CCC(CC)n1cc(C=O)c(-c2ccccn2)n1. The first-order valence-electron chi connectivity index (χ1n) is 6.25. The predicted octanol–water partition coefficient (Wildman–Crippen LogP) is 3.12. The molecule has 0 saturated heterocycles. The lowest BCUT2D eigenvalue weighted by Gasteiger charge is -2.12. The first-order valence-corrected chi connectivity index (χ1v) is 6.25. The van der Waals surface area contributed by atoms with E-state index in [2.05, 4.69) is 23.9 Å². The van der Waals surface area contributed by atoms with Crippen LogP contribution in [0.4, 0.5) is 0 Å². The van der Waals surface area contributed by atoms with E-state index in [4.69, 9.17) is 0 Å². The van der Waals surface area contributed by atoms with Gasteiger partial charge in [-0.1, -0.05) is 19.9 Å². The van der Waals surface area contributed by atoms with E-state index in [1.54, 1.807) is 6.20 Å². The summed E-state index contributed by atoms with van der Waals surface area (Å²) in [7, 11) is 0. The van der Waals surface area contributed by atoms with Gasteiger partial charge in [0, 0.05) is 12.4 Å². The smallest absolute Gasteiger partial charge is 0.153 e. The average Bonchev–Trinajstić information content (AvgIpc) is 2.85. The van der Waals surface area contributed by atoms with E-state index in [0.29, 0.717) is 17.3 Å². The summed E-state index contributed by atoms with van der Waals surface area (Å²) >= 11 is 0. The quantitative estimate of drug-likeness (QED) is 0.758. The van der Waals surface area contributed by atoms with Crippen LogP contribution in [0, 0.1) is 0 Å². The Balaban J connectivity index is 2.45. The van der Waals surface area contributed by atoms with Crippen molar-refractivity contribution in [3.05, 3.63) is 36.2 Å². The number of pyridine rings is 1. The number of aromatic nitrogens is 3. The van der Waals surface area contributed by atoms with Crippen LogP contribution < -0.4 is 0 Å². The first kappa shape index (κ1) is 12.5. The van der Waals surface area contributed by atoms with Gasteiger partial charge < -0.3 is 0 Å². The Bertz CT molecular complexity index is 515. The Morgan fingerprint density at radius 1 is 1.33 bits per heavy atom. The molecule has 0 N–H and O–H groups in total. The van der Waals surface area contributed by atoms with Gasteiger partial charge in [-0.2, -0.15) is 5.10 Å². The van der Waals surface area contributed by atoms with Crippen LogP contribution in [0.1, 0.15) is 43.1 Å². The van der Waals surface area contributed by atoms with Crippen molar-refractivity contribution in [2.24, 2.45) is 0 Å². The number of aldehydes is 1. The van der Waals surface area contributed by atoms with E-state index in [1.165, 1.54) is 0 Å². The minimum Gasteiger partial charge on any atom is -0.298 e. The minimum absolute atomic E-state index is 0.334. The number of rotatable bonds is 5. The normalized spacial score (nSPS) is 10.8. The molecule has 0 spiro atoms.